The molecule has 1 saturated carbocycles. The van der Waals surface area contributed by atoms with Gasteiger partial charge in [-0.15, -0.1) is 0 Å². The summed E-state index contributed by atoms with van der Waals surface area (Å²) in [4.78, 5) is 29.4. The molecule has 0 aliphatic heterocycles. The number of carbonyl (C=O) groups is 2. The molecule has 1 heterocycles. The minimum Gasteiger partial charge on any atom is -0.467 e. The summed E-state index contributed by atoms with van der Waals surface area (Å²) >= 11 is 0. The number of halogens is 1. The summed E-state index contributed by atoms with van der Waals surface area (Å²) in [6, 6.07) is 19.1. The molecule has 1 aliphatic rings. The van der Waals surface area contributed by atoms with E-state index in [1.165, 1.54) is 12.1 Å². The van der Waals surface area contributed by atoms with Crippen molar-refractivity contribution in [3.63, 3.8) is 0 Å². The maximum Gasteiger partial charge on any atom is 0.318 e. The molecule has 1 N–H and O–H groups in total. The first-order valence-electron chi connectivity index (χ1n) is 10.7. The van der Waals surface area contributed by atoms with Gasteiger partial charge in [0.15, 0.2) is 0 Å². The normalized spacial score (nSPS) is 12.9. The SMILES string of the molecule is O=C(CN(C(=O)NCc1ccccc1)C1CC1)N(Cc1ccc(F)cc1)Cc1ccco1. The molecule has 0 saturated heterocycles. The molecule has 1 aromatic heterocycles. The summed E-state index contributed by atoms with van der Waals surface area (Å²) in [7, 11) is 0. The molecule has 0 radical (unpaired) electrons. The molecule has 2 aromatic carbocycles. The highest BCUT2D eigenvalue weighted by molar-refractivity contribution is 5.84. The van der Waals surface area contributed by atoms with E-state index in [1.807, 2.05) is 30.3 Å². The van der Waals surface area contributed by atoms with Crippen molar-refractivity contribution in [2.45, 2.75) is 38.5 Å². The van der Waals surface area contributed by atoms with Crippen molar-refractivity contribution in [3.05, 3.63) is 95.7 Å². The average molecular weight is 435 g/mol. The molecule has 1 aliphatic carbocycles. The van der Waals surface area contributed by atoms with Crippen LogP contribution in [0.5, 0.6) is 0 Å². The summed E-state index contributed by atoms with van der Waals surface area (Å²) in [6.45, 7) is 0.952. The van der Waals surface area contributed by atoms with Crippen LogP contribution in [0, 0.1) is 5.82 Å². The lowest BCUT2D eigenvalue weighted by molar-refractivity contribution is -0.133. The van der Waals surface area contributed by atoms with Crippen LogP contribution in [-0.4, -0.2) is 34.3 Å². The minimum atomic E-state index is -0.326. The van der Waals surface area contributed by atoms with E-state index in [0.717, 1.165) is 24.0 Å². The van der Waals surface area contributed by atoms with Gasteiger partial charge in [0, 0.05) is 19.1 Å². The van der Waals surface area contributed by atoms with Gasteiger partial charge in [-0.3, -0.25) is 4.79 Å². The molecule has 32 heavy (non-hydrogen) atoms. The summed E-state index contributed by atoms with van der Waals surface area (Å²) in [6.07, 6.45) is 3.34. The summed E-state index contributed by atoms with van der Waals surface area (Å²) in [5.74, 6) is 0.132. The second-order valence-corrected chi connectivity index (χ2v) is 7.96. The Bertz CT molecular complexity index is 1020. The van der Waals surface area contributed by atoms with Gasteiger partial charge in [-0.05, 0) is 48.2 Å². The van der Waals surface area contributed by atoms with E-state index in [-0.39, 0.29) is 36.9 Å². The molecule has 3 amide bonds. The topological polar surface area (TPSA) is 65.8 Å². The van der Waals surface area contributed by atoms with E-state index in [0.29, 0.717) is 18.8 Å². The summed E-state index contributed by atoms with van der Waals surface area (Å²) in [5, 5.41) is 2.92. The van der Waals surface area contributed by atoms with E-state index < -0.39 is 0 Å². The quantitative estimate of drug-likeness (QED) is 0.544. The van der Waals surface area contributed by atoms with Crippen LogP contribution in [0.25, 0.3) is 0 Å². The van der Waals surface area contributed by atoms with Gasteiger partial charge >= 0.3 is 6.03 Å². The third kappa shape index (κ3) is 5.97. The van der Waals surface area contributed by atoms with Crippen LogP contribution in [0.15, 0.2) is 77.4 Å². The van der Waals surface area contributed by atoms with Crippen molar-refractivity contribution < 1.29 is 18.4 Å². The predicted octanol–water partition coefficient (Wildman–Crippen LogP) is 4.32. The van der Waals surface area contributed by atoms with Crippen LogP contribution in [0.3, 0.4) is 0 Å². The van der Waals surface area contributed by atoms with Crippen LogP contribution >= 0.6 is 0 Å². The lowest BCUT2D eigenvalue weighted by Gasteiger charge is -2.27. The number of nitrogens with one attached hydrogen (secondary N) is 1. The fourth-order valence-electron chi connectivity index (χ4n) is 3.51. The molecule has 0 spiro atoms. The molecule has 6 nitrogen and oxygen atoms in total. The fraction of sp³-hybridized carbons (Fsp3) is 0.280. The van der Waals surface area contributed by atoms with Gasteiger partial charge in [0.1, 0.15) is 18.1 Å². The van der Waals surface area contributed by atoms with Crippen molar-refractivity contribution in [2.75, 3.05) is 6.54 Å². The number of furan rings is 1. The molecule has 3 aromatic rings. The smallest absolute Gasteiger partial charge is 0.318 e. The van der Waals surface area contributed by atoms with Gasteiger partial charge in [-0.1, -0.05) is 42.5 Å². The van der Waals surface area contributed by atoms with Crippen LogP contribution in [0.2, 0.25) is 0 Å². The van der Waals surface area contributed by atoms with Crippen molar-refractivity contribution in [2.24, 2.45) is 0 Å². The summed E-state index contributed by atoms with van der Waals surface area (Å²) < 4.78 is 18.7. The molecule has 4 rings (SSSR count). The lowest BCUT2D eigenvalue weighted by Crippen LogP contribution is -2.47. The Morgan fingerprint density at radius 2 is 1.69 bits per heavy atom. The van der Waals surface area contributed by atoms with Gasteiger partial charge < -0.3 is 19.5 Å². The lowest BCUT2D eigenvalue weighted by atomic mass is 10.2. The van der Waals surface area contributed by atoms with Crippen molar-refractivity contribution in [3.8, 4) is 0 Å². The maximum absolute atomic E-state index is 13.3. The van der Waals surface area contributed by atoms with Gasteiger partial charge in [-0.25, -0.2) is 9.18 Å². The van der Waals surface area contributed by atoms with E-state index in [2.05, 4.69) is 5.32 Å². The number of benzene rings is 2. The number of hydrogen-bond donors (Lipinski definition) is 1. The first-order valence-corrected chi connectivity index (χ1v) is 10.7. The molecule has 0 bridgehead atoms. The van der Waals surface area contributed by atoms with E-state index >= 15 is 0 Å². The Morgan fingerprint density at radius 1 is 0.938 bits per heavy atom. The zero-order valence-corrected chi connectivity index (χ0v) is 17.7. The third-order valence-electron chi connectivity index (χ3n) is 5.41. The average Bonchev–Trinajstić information content (AvgIpc) is 3.52. The molecular weight excluding hydrogens is 409 g/mol. The van der Waals surface area contributed by atoms with Crippen LogP contribution in [0.4, 0.5) is 9.18 Å². The first-order chi connectivity index (χ1) is 15.6. The second kappa shape index (κ2) is 10.1. The minimum absolute atomic E-state index is 0.0206. The van der Waals surface area contributed by atoms with Gasteiger partial charge in [-0.2, -0.15) is 0 Å². The second-order valence-electron chi connectivity index (χ2n) is 7.96. The Kier molecular flexibility index (Phi) is 6.84. The standard InChI is InChI=1S/C25H26FN3O3/c26-21-10-8-20(9-11-21)16-28(17-23-7-4-14-32-23)24(30)18-29(22-12-13-22)25(31)27-15-19-5-2-1-3-6-19/h1-11,14,22H,12-13,15-18H2,(H,27,31). The fourth-order valence-corrected chi connectivity index (χ4v) is 3.51. The molecule has 0 unspecified atom stereocenters. The van der Waals surface area contributed by atoms with Crippen molar-refractivity contribution in [1.82, 2.24) is 15.1 Å². The van der Waals surface area contributed by atoms with Gasteiger partial charge in [0.2, 0.25) is 5.91 Å². The van der Waals surface area contributed by atoms with E-state index in [9.17, 15) is 14.0 Å². The highest BCUT2D eigenvalue weighted by Crippen LogP contribution is 2.27. The van der Waals surface area contributed by atoms with Crippen LogP contribution < -0.4 is 5.32 Å². The number of urea groups is 1. The zero-order valence-electron chi connectivity index (χ0n) is 17.7. The Labute approximate surface area is 186 Å². The third-order valence-corrected chi connectivity index (χ3v) is 5.41. The van der Waals surface area contributed by atoms with Crippen LogP contribution in [0.1, 0.15) is 29.7 Å². The van der Waals surface area contributed by atoms with E-state index in [4.69, 9.17) is 4.42 Å². The molecule has 7 heteroatoms. The Morgan fingerprint density at radius 3 is 2.34 bits per heavy atom. The van der Waals surface area contributed by atoms with Crippen molar-refractivity contribution >= 4 is 11.9 Å². The zero-order chi connectivity index (χ0) is 22.3. The van der Waals surface area contributed by atoms with Crippen molar-refractivity contribution in [1.29, 1.82) is 0 Å². The first kappa shape index (κ1) is 21.6. The summed E-state index contributed by atoms with van der Waals surface area (Å²) in [5.41, 5.74) is 1.80. The number of amides is 3. The number of rotatable bonds is 9. The number of hydrogen-bond acceptors (Lipinski definition) is 3. The highest BCUT2D eigenvalue weighted by atomic mass is 19.1. The van der Waals surface area contributed by atoms with E-state index in [1.54, 1.807) is 40.3 Å². The Balaban J connectivity index is 1.43. The highest BCUT2D eigenvalue weighted by Gasteiger charge is 2.35. The number of nitrogens with zero attached hydrogens (tertiary/aromatic N) is 2. The predicted molar refractivity (Wildman–Crippen MR) is 118 cm³/mol. The van der Waals surface area contributed by atoms with Crippen LogP contribution in [-0.2, 0) is 24.4 Å². The van der Waals surface area contributed by atoms with Gasteiger partial charge in [0.05, 0.1) is 12.8 Å². The Hall–Kier alpha value is -3.61. The molecule has 0 atom stereocenters. The number of carbonyl (C=O) groups excluding carboxylic acids is 2. The monoisotopic (exact) mass is 435 g/mol. The molecule has 166 valence electrons. The maximum atomic E-state index is 13.3. The van der Waals surface area contributed by atoms with Gasteiger partial charge in [0.25, 0.3) is 0 Å². The molecular formula is C25H26FN3O3. The largest absolute Gasteiger partial charge is 0.467 e. The molecule has 1 fully saturated rings.